The zero-order chi connectivity index (χ0) is 15.9. The first kappa shape index (κ1) is 16.4. The number of ether oxygens (including phenoxy) is 2. The van der Waals surface area contributed by atoms with E-state index in [1.165, 1.54) is 0 Å². The van der Waals surface area contributed by atoms with E-state index in [9.17, 15) is 9.59 Å². The molecule has 0 bridgehead atoms. The van der Waals surface area contributed by atoms with Crippen molar-refractivity contribution in [1.82, 2.24) is 4.90 Å². The van der Waals surface area contributed by atoms with E-state index in [0.29, 0.717) is 44.2 Å². The second-order valence-corrected chi connectivity index (χ2v) is 5.04. The van der Waals surface area contributed by atoms with E-state index >= 15 is 0 Å². The Labute approximate surface area is 134 Å². The van der Waals surface area contributed by atoms with Gasteiger partial charge in [0.2, 0.25) is 0 Å². The van der Waals surface area contributed by atoms with Gasteiger partial charge in [-0.2, -0.15) is 0 Å². The lowest BCUT2D eigenvalue weighted by atomic mass is 10.2. The Morgan fingerprint density at radius 1 is 1.27 bits per heavy atom. The van der Waals surface area contributed by atoms with Crippen molar-refractivity contribution in [1.29, 1.82) is 0 Å². The molecule has 0 radical (unpaired) electrons. The average Bonchev–Trinajstić information content (AvgIpc) is 2.55. The van der Waals surface area contributed by atoms with Crippen LogP contribution < -0.4 is 5.32 Å². The number of carbonyl (C=O) groups is 2. The second kappa shape index (κ2) is 7.86. The molecule has 1 aliphatic heterocycles. The van der Waals surface area contributed by atoms with E-state index in [4.69, 9.17) is 21.7 Å². The third kappa shape index (κ3) is 4.25. The van der Waals surface area contributed by atoms with Gasteiger partial charge in [-0.25, -0.2) is 4.79 Å². The summed E-state index contributed by atoms with van der Waals surface area (Å²) in [4.78, 5) is 25.7. The third-order valence-electron chi connectivity index (χ3n) is 3.15. The third-order valence-corrected chi connectivity index (χ3v) is 3.59. The minimum atomic E-state index is -0.385. The maximum Gasteiger partial charge on any atom is 0.338 e. The van der Waals surface area contributed by atoms with Crippen LogP contribution in [0, 0.1) is 0 Å². The molecule has 1 amide bonds. The first-order valence-corrected chi connectivity index (χ1v) is 7.48. The van der Waals surface area contributed by atoms with Gasteiger partial charge in [-0.3, -0.25) is 4.79 Å². The van der Waals surface area contributed by atoms with Gasteiger partial charge in [0.25, 0.3) is 5.91 Å². The van der Waals surface area contributed by atoms with Crippen molar-refractivity contribution in [3.63, 3.8) is 0 Å². The molecular weight excluding hydrogens is 304 g/mol. The van der Waals surface area contributed by atoms with Crippen LogP contribution >= 0.6 is 12.2 Å². The minimum Gasteiger partial charge on any atom is -0.462 e. The molecule has 6 nitrogen and oxygen atoms in total. The topological polar surface area (TPSA) is 67.9 Å². The van der Waals surface area contributed by atoms with Gasteiger partial charge >= 0.3 is 5.97 Å². The first-order valence-electron chi connectivity index (χ1n) is 7.07. The van der Waals surface area contributed by atoms with Gasteiger partial charge in [0, 0.05) is 18.8 Å². The number of amides is 1. The Bertz CT molecular complexity index is 553. The van der Waals surface area contributed by atoms with E-state index in [2.05, 4.69) is 5.32 Å². The van der Waals surface area contributed by atoms with Gasteiger partial charge in [0.15, 0.2) is 4.99 Å². The van der Waals surface area contributed by atoms with Gasteiger partial charge in [-0.05, 0) is 31.2 Å². The van der Waals surface area contributed by atoms with Gasteiger partial charge in [-0.1, -0.05) is 12.2 Å². The molecular formula is C15H18N2O4S. The summed E-state index contributed by atoms with van der Waals surface area (Å²) < 4.78 is 10.1. The summed E-state index contributed by atoms with van der Waals surface area (Å²) in [7, 11) is 0. The molecule has 0 aromatic heterocycles. The molecule has 1 fully saturated rings. The fourth-order valence-electron chi connectivity index (χ4n) is 2.00. The summed E-state index contributed by atoms with van der Waals surface area (Å²) in [5, 5.41) is 2.72. The number of esters is 1. The summed E-state index contributed by atoms with van der Waals surface area (Å²) in [6.45, 7) is 4.45. The van der Waals surface area contributed by atoms with Crippen molar-refractivity contribution < 1.29 is 19.1 Å². The van der Waals surface area contributed by atoms with E-state index < -0.39 is 0 Å². The van der Waals surface area contributed by atoms with Crippen LogP contribution in [0.4, 0.5) is 5.69 Å². The summed E-state index contributed by atoms with van der Waals surface area (Å²) in [5.74, 6) is -0.718. The molecule has 0 atom stereocenters. The summed E-state index contributed by atoms with van der Waals surface area (Å²) >= 11 is 5.18. The SMILES string of the molecule is CCOC(=O)c1ccc(NC(=O)C(=S)N2CCOCC2)cc1. The molecule has 1 saturated heterocycles. The molecule has 2 rings (SSSR count). The van der Waals surface area contributed by atoms with Gasteiger partial charge < -0.3 is 19.7 Å². The van der Waals surface area contributed by atoms with Crippen LogP contribution in [0.1, 0.15) is 17.3 Å². The number of nitrogens with zero attached hydrogens (tertiary/aromatic N) is 1. The predicted octanol–water partition coefficient (Wildman–Crippen LogP) is 1.46. The normalized spacial score (nSPS) is 14.3. The highest BCUT2D eigenvalue weighted by Crippen LogP contribution is 2.11. The summed E-state index contributed by atoms with van der Waals surface area (Å²) in [6, 6.07) is 6.49. The maximum absolute atomic E-state index is 12.1. The quantitative estimate of drug-likeness (QED) is 0.671. The van der Waals surface area contributed by atoms with E-state index in [-0.39, 0.29) is 16.9 Å². The number of hydrogen-bond donors (Lipinski definition) is 1. The first-order chi connectivity index (χ1) is 10.6. The van der Waals surface area contributed by atoms with E-state index in [1.54, 1.807) is 31.2 Å². The van der Waals surface area contributed by atoms with Crippen LogP contribution in [-0.2, 0) is 14.3 Å². The molecule has 1 aromatic carbocycles. The zero-order valence-electron chi connectivity index (χ0n) is 12.3. The number of thiocarbonyl (C=S) groups is 1. The molecule has 7 heteroatoms. The van der Waals surface area contributed by atoms with Crippen molar-refractivity contribution in [2.24, 2.45) is 0 Å². The predicted molar refractivity (Wildman–Crippen MR) is 86.0 cm³/mol. The van der Waals surface area contributed by atoms with Crippen LogP contribution in [-0.4, -0.2) is 54.7 Å². The smallest absolute Gasteiger partial charge is 0.338 e. The summed E-state index contributed by atoms with van der Waals surface area (Å²) in [5.41, 5.74) is 1.02. The highest BCUT2D eigenvalue weighted by atomic mass is 32.1. The van der Waals surface area contributed by atoms with Crippen molar-refractivity contribution in [3.8, 4) is 0 Å². The highest BCUT2D eigenvalue weighted by Gasteiger charge is 2.19. The van der Waals surface area contributed by atoms with Gasteiger partial charge in [0.05, 0.1) is 25.4 Å². The Morgan fingerprint density at radius 3 is 2.50 bits per heavy atom. The highest BCUT2D eigenvalue weighted by molar-refractivity contribution is 7.82. The molecule has 1 N–H and O–H groups in total. The standard InChI is InChI=1S/C15H18N2O4S/c1-2-21-15(19)11-3-5-12(6-4-11)16-13(18)14(22)17-7-9-20-10-8-17/h3-6H,2,7-10H2,1H3,(H,16,18). The maximum atomic E-state index is 12.1. The lowest BCUT2D eigenvalue weighted by molar-refractivity contribution is -0.111. The molecule has 22 heavy (non-hydrogen) atoms. The van der Waals surface area contributed by atoms with Gasteiger partial charge in [-0.15, -0.1) is 0 Å². The fourth-order valence-corrected chi connectivity index (χ4v) is 2.23. The van der Waals surface area contributed by atoms with Crippen LogP contribution in [0.15, 0.2) is 24.3 Å². The lowest BCUT2D eigenvalue weighted by Gasteiger charge is -2.28. The lowest BCUT2D eigenvalue weighted by Crippen LogP contribution is -2.44. The molecule has 118 valence electrons. The van der Waals surface area contributed by atoms with E-state index in [1.807, 2.05) is 4.90 Å². The number of benzene rings is 1. The van der Waals surface area contributed by atoms with E-state index in [0.717, 1.165) is 0 Å². The van der Waals surface area contributed by atoms with Crippen LogP contribution in [0.25, 0.3) is 0 Å². The Morgan fingerprint density at radius 2 is 1.91 bits per heavy atom. The van der Waals surface area contributed by atoms with Crippen molar-refractivity contribution in [3.05, 3.63) is 29.8 Å². The monoisotopic (exact) mass is 322 g/mol. The van der Waals surface area contributed by atoms with Crippen LogP contribution in [0.2, 0.25) is 0 Å². The number of carbonyl (C=O) groups excluding carboxylic acids is 2. The fraction of sp³-hybridized carbons (Fsp3) is 0.400. The number of nitrogens with one attached hydrogen (secondary N) is 1. The number of hydrogen-bond acceptors (Lipinski definition) is 5. The van der Waals surface area contributed by atoms with Crippen molar-refractivity contribution in [2.75, 3.05) is 38.2 Å². The number of anilines is 1. The molecule has 0 aliphatic carbocycles. The molecule has 0 saturated carbocycles. The van der Waals surface area contributed by atoms with Crippen molar-refractivity contribution >= 4 is 34.8 Å². The van der Waals surface area contributed by atoms with Crippen LogP contribution in [0.3, 0.4) is 0 Å². The average molecular weight is 322 g/mol. The molecule has 1 aromatic rings. The Balaban J connectivity index is 1.93. The van der Waals surface area contributed by atoms with Crippen LogP contribution in [0.5, 0.6) is 0 Å². The van der Waals surface area contributed by atoms with Crippen molar-refractivity contribution in [2.45, 2.75) is 6.92 Å². The molecule has 1 heterocycles. The zero-order valence-corrected chi connectivity index (χ0v) is 13.1. The molecule has 0 spiro atoms. The Hall–Kier alpha value is -1.99. The Kier molecular flexibility index (Phi) is 5.85. The van der Waals surface area contributed by atoms with Gasteiger partial charge in [0.1, 0.15) is 0 Å². The summed E-state index contributed by atoms with van der Waals surface area (Å²) in [6.07, 6.45) is 0. The largest absolute Gasteiger partial charge is 0.462 e. The minimum absolute atomic E-state index is 0.248. The number of rotatable bonds is 3. The number of morpholine rings is 1. The molecule has 0 unspecified atom stereocenters. The molecule has 1 aliphatic rings. The second-order valence-electron chi connectivity index (χ2n) is 4.66.